The van der Waals surface area contributed by atoms with Gasteiger partial charge in [0.15, 0.2) is 5.58 Å². The van der Waals surface area contributed by atoms with Crippen LogP contribution in [0.4, 0.5) is 0 Å². The molecule has 0 saturated heterocycles. The van der Waals surface area contributed by atoms with E-state index < -0.39 is 0 Å². The topological polar surface area (TPSA) is 31.0 Å². The molecule has 0 saturated carbocycles. The highest BCUT2D eigenvalue weighted by Crippen LogP contribution is 2.36. The molecule has 3 heteroatoms. The SMILES string of the molecule is c1ccc(-n2c3ccccc3c3cc(-c4ccc5nc6c(cc5c4)oc4ccccc46)ccc32)cc1. The summed E-state index contributed by atoms with van der Waals surface area (Å²) >= 11 is 0. The van der Waals surface area contributed by atoms with Crippen LogP contribution in [-0.2, 0) is 0 Å². The second-order valence-corrected chi connectivity index (χ2v) is 9.26. The zero-order valence-corrected chi connectivity index (χ0v) is 19.3. The lowest BCUT2D eigenvalue weighted by Crippen LogP contribution is -1.92. The van der Waals surface area contributed by atoms with Crippen molar-refractivity contribution >= 4 is 54.8 Å². The smallest absolute Gasteiger partial charge is 0.154 e. The van der Waals surface area contributed by atoms with Crippen molar-refractivity contribution in [3.05, 3.63) is 121 Å². The van der Waals surface area contributed by atoms with Gasteiger partial charge in [0.25, 0.3) is 0 Å². The van der Waals surface area contributed by atoms with Crippen molar-refractivity contribution in [3.8, 4) is 16.8 Å². The molecule has 0 aliphatic rings. The number of aromatic nitrogens is 2. The minimum absolute atomic E-state index is 0.822. The molecule has 0 bridgehead atoms. The van der Waals surface area contributed by atoms with Crippen molar-refractivity contribution in [2.75, 3.05) is 0 Å². The molecule has 8 aromatic rings. The molecule has 0 atom stereocenters. The van der Waals surface area contributed by atoms with Gasteiger partial charge in [-0.15, -0.1) is 0 Å². The zero-order chi connectivity index (χ0) is 23.6. The molecule has 3 nitrogen and oxygen atoms in total. The Balaban J connectivity index is 1.33. The first kappa shape index (κ1) is 19.4. The Morgan fingerprint density at radius 3 is 2.17 bits per heavy atom. The van der Waals surface area contributed by atoms with Crippen molar-refractivity contribution in [2.24, 2.45) is 0 Å². The average molecular weight is 461 g/mol. The van der Waals surface area contributed by atoms with E-state index in [4.69, 9.17) is 9.40 Å². The molecule has 0 unspecified atom stereocenters. The first-order chi connectivity index (χ1) is 17.8. The van der Waals surface area contributed by atoms with E-state index in [1.807, 2.05) is 18.2 Å². The lowest BCUT2D eigenvalue weighted by molar-refractivity contribution is 0.669. The monoisotopic (exact) mass is 460 g/mol. The van der Waals surface area contributed by atoms with Crippen molar-refractivity contribution in [2.45, 2.75) is 0 Å². The number of rotatable bonds is 2. The van der Waals surface area contributed by atoms with Gasteiger partial charge in [0.05, 0.1) is 16.6 Å². The number of pyridine rings is 1. The predicted molar refractivity (Wildman–Crippen MR) is 149 cm³/mol. The summed E-state index contributed by atoms with van der Waals surface area (Å²) in [4.78, 5) is 4.93. The van der Waals surface area contributed by atoms with E-state index in [0.717, 1.165) is 33.0 Å². The molecule has 0 aliphatic carbocycles. The van der Waals surface area contributed by atoms with Gasteiger partial charge in [-0.3, -0.25) is 0 Å². The molecule has 0 fully saturated rings. The van der Waals surface area contributed by atoms with Crippen LogP contribution in [0.3, 0.4) is 0 Å². The Morgan fingerprint density at radius 2 is 1.25 bits per heavy atom. The highest BCUT2D eigenvalue weighted by molar-refractivity contribution is 6.11. The summed E-state index contributed by atoms with van der Waals surface area (Å²) in [5, 5.41) is 4.63. The van der Waals surface area contributed by atoms with Crippen LogP contribution in [0.15, 0.2) is 126 Å². The molecule has 36 heavy (non-hydrogen) atoms. The van der Waals surface area contributed by atoms with Crippen LogP contribution >= 0.6 is 0 Å². The van der Waals surface area contributed by atoms with Crippen LogP contribution in [0.25, 0.3) is 71.6 Å². The first-order valence-corrected chi connectivity index (χ1v) is 12.1. The van der Waals surface area contributed by atoms with Crippen LogP contribution < -0.4 is 0 Å². The Morgan fingerprint density at radius 1 is 0.528 bits per heavy atom. The van der Waals surface area contributed by atoms with Crippen LogP contribution in [0.2, 0.25) is 0 Å². The fourth-order valence-corrected chi connectivity index (χ4v) is 5.48. The Kier molecular flexibility index (Phi) is 3.94. The summed E-state index contributed by atoms with van der Waals surface area (Å²) in [6, 6.07) is 42.6. The van der Waals surface area contributed by atoms with Gasteiger partial charge in [-0.2, -0.15) is 0 Å². The van der Waals surface area contributed by atoms with Crippen LogP contribution in [0.5, 0.6) is 0 Å². The summed E-state index contributed by atoms with van der Waals surface area (Å²) in [7, 11) is 0. The Labute approximate surface area is 206 Å². The van der Waals surface area contributed by atoms with E-state index in [1.54, 1.807) is 0 Å². The molecular formula is C33H20N2O. The van der Waals surface area contributed by atoms with Gasteiger partial charge in [-0.05, 0) is 71.8 Å². The highest BCUT2D eigenvalue weighted by atomic mass is 16.3. The maximum Gasteiger partial charge on any atom is 0.154 e. The fourth-order valence-electron chi connectivity index (χ4n) is 5.48. The van der Waals surface area contributed by atoms with E-state index in [1.165, 1.54) is 38.6 Å². The number of hydrogen-bond acceptors (Lipinski definition) is 2. The molecular weight excluding hydrogens is 440 g/mol. The standard InChI is InChI=1S/C33H20N2O/c1-2-8-24(9-3-1)35-29-12-6-4-10-25(29)27-19-22(15-17-30(27)35)21-14-16-28-23(18-21)20-32-33(34-28)26-11-5-7-13-31(26)36-32/h1-20H. The molecule has 8 rings (SSSR count). The molecule has 3 aromatic heterocycles. The maximum atomic E-state index is 6.09. The molecule has 0 spiro atoms. The number of para-hydroxylation sites is 3. The first-order valence-electron chi connectivity index (χ1n) is 12.1. The van der Waals surface area contributed by atoms with Gasteiger partial charge in [0.1, 0.15) is 11.1 Å². The third-order valence-electron chi connectivity index (χ3n) is 7.16. The second-order valence-electron chi connectivity index (χ2n) is 9.26. The van der Waals surface area contributed by atoms with Gasteiger partial charge in [-0.25, -0.2) is 4.98 Å². The van der Waals surface area contributed by atoms with Crippen LogP contribution in [0, 0.1) is 0 Å². The average Bonchev–Trinajstić information content (AvgIpc) is 3.46. The summed E-state index contributed by atoms with van der Waals surface area (Å²) in [5.74, 6) is 0. The number of hydrogen-bond donors (Lipinski definition) is 0. The summed E-state index contributed by atoms with van der Waals surface area (Å²) in [5.41, 5.74) is 9.52. The van der Waals surface area contributed by atoms with Crippen LogP contribution in [0.1, 0.15) is 0 Å². The van der Waals surface area contributed by atoms with E-state index in [-0.39, 0.29) is 0 Å². The number of fused-ring (bicyclic) bond motifs is 7. The van der Waals surface area contributed by atoms with E-state index >= 15 is 0 Å². The number of nitrogens with zero attached hydrogens (tertiary/aromatic N) is 2. The Bertz CT molecular complexity index is 2100. The van der Waals surface area contributed by atoms with Gasteiger partial charge in [-0.1, -0.05) is 60.7 Å². The van der Waals surface area contributed by atoms with Gasteiger partial charge < -0.3 is 8.98 Å². The van der Waals surface area contributed by atoms with E-state index in [2.05, 4.69) is 108 Å². The van der Waals surface area contributed by atoms with E-state index in [0.29, 0.717) is 0 Å². The normalized spacial score (nSPS) is 11.9. The van der Waals surface area contributed by atoms with Gasteiger partial charge in [0, 0.05) is 27.2 Å². The highest BCUT2D eigenvalue weighted by Gasteiger charge is 2.14. The molecule has 0 amide bonds. The zero-order valence-electron chi connectivity index (χ0n) is 19.3. The van der Waals surface area contributed by atoms with Crippen molar-refractivity contribution in [1.82, 2.24) is 9.55 Å². The van der Waals surface area contributed by atoms with Crippen molar-refractivity contribution in [3.63, 3.8) is 0 Å². The number of furan rings is 1. The minimum Gasteiger partial charge on any atom is -0.454 e. The molecule has 0 N–H and O–H groups in total. The molecule has 0 aliphatic heterocycles. The Hall–Kier alpha value is -4.89. The molecule has 0 radical (unpaired) electrons. The van der Waals surface area contributed by atoms with E-state index in [9.17, 15) is 0 Å². The van der Waals surface area contributed by atoms with Gasteiger partial charge in [0.2, 0.25) is 0 Å². The molecule has 168 valence electrons. The lowest BCUT2D eigenvalue weighted by Gasteiger charge is -2.08. The molecule has 5 aromatic carbocycles. The molecule has 3 heterocycles. The minimum atomic E-state index is 0.822. The summed E-state index contributed by atoms with van der Waals surface area (Å²) < 4.78 is 8.44. The summed E-state index contributed by atoms with van der Waals surface area (Å²) in [6.45, 7) is 0. The largest absolute Gasteiger partial charge is 0.454 e. The van der Waals surface area contributed by atoms with Crippen molar-refractivity contribution < 1.29 is 4.42 Å². The van der Waals surface area contributed by atoms with Crippen LogP contribution in [-0.4, -0.2) is 9.55 Å². The second kappa shape index (κ2) is 7.30. The fraction of sp³-hybridized carbons (Fsp3) is 0. The lowest BCUT2D eigenvalue weighted by atomic mass is 10.0. The quantitative estimate of drug-likeness (QED) is 0.258. The summed E-state index contributed by atoms with van der Waals surface area (Å²) in [6.07, 6.45) is 0. The van der Waals surface area contributed by atoms with Crippen molar-refractivity contribution in [1.29, 1.82) is 0 Å². The van der Waals surface area contributed by atoms with Gasteiger partial charge >= 0.3 is 0 Å². The number of benzene rings is 5. The third kappa shape index (κ3) is 2.77. The predicted octanol–water partition coefficient (Wildman–Crippen LogP) is 8.90. The maximum absolute atomic E-state index is 6.09. The third-order valence-corrected chi connectivity index (χ3v) is 7.16.